The largest absolute Gasteiger partial charge is 0.486 e. The maximum atomic E-state index is 12.0. The molecule has 0 fully saturated rings. The standard InChI is InChI=1S/C14H19N3O3S/c1-14(2,3)15-13(21)17-16-12(18)9-4-5-10-11(8-9)20-7-6-19-10/h4-5,8H,6-7H2,1-3H3,(H,16,18)(H2,15,17,21). The number of hydrazine groups is 1. The number of ether oxygens (including phenoxy) is 2. The maximum absolute atomic E-state index is 12.0. The number of fused-ring (bicyclic) bond motifs is 1. The van der Waals surface area contributed by atoms with Crippen molar-refractivity contribution in [3.63, 3.8) is 0 Å². The van der Waals surface area contributed by atoms with Crippen molar-refractivity contribution in [3.8, 4) is 11.5 Å². The monoisotopic (exact) mass is 309 g/mol. The molecule has 1 amide bonds. The number of hydrogen-bond acceptors (Lipinski definition) is 4. The van der Waals surface area contributed by atoms with Crippen molar-refractivity contribution in [2.24, 2.45) is 0 Å². The Morgan fingerprint density at radius 3 is 2.48 bits per heavy atom. The number of benzene rings is 1. The molecule has 0 radical (unpaired) electrons. The van der Waals surface area contributed by atoms with Gasteiger partial charge >= 0.3 is 0 Å². The number of carbonyl (C=O) groups is 1. The van der Waals surface area contributed by atoms with Gasteiger partial charge in [-0.2, -0.15) is 0 Å². The van der Waals surface area contributed by atoms with Gasteiger partial charge in [-0.25, -0.2) is 0 Å². The lowest BCUT2D eigenvalue weighted by Gasteiger charge is -2.23. The van der Waals surface area contributed by atoms with Crippen LogP contribution in [0.15, 0.2) is 18.2 Å². The van der Waals surface area contributed by atoms with Crippen LogP contribution in [0.1, 0.15) is 31.1 Å². The number of carbonyl (C=O) groups excluding carboxylic acids is 1. The van der Waals surface area contributed by atoms with Crippen molar-refractivity contribution in [3.05, 3.63) is 23.8 Å². The summed E-state index contributed by atoms with van der Waals surface area (Å²) >= 11 is 5.09. The van der Waals surface area contributed by atoms with Gasteiger partial charge in [0, 0.05) is 11.1 Å². The molecule has 114 valence electrons. The van der Waals surface area contributed by atoms with Crippen LogP contribution >= 0.6 is 12.2 Å². The maximum Gasteiger partial charge on any atom is 0.269 e. The Labute approximate surface area is 129 Å². The molecule has 0 unspecified atom stereocenters. The highest BCUT2D eigenvalue weighted by Gasteiger charge is 2.15. The van der Waals surface area contributed by atoms with Gasteiger partial charge in [0.1, 0.15) is 13.2 Å². The van der Waals surface area contributed by atoms with Crippen LogP contribution in [0.2, 0.25) is 0 Å². The van der Waals surface area contributed by atoms with Crippen molar-refractivity contribution >= 4 is 23.2 Å². The number of nitrogens with one attached hydrogen (secondary N) is 3. The first-order chi connectivity index (χ1) is 9.85. The molecule has 1 heterocycles. The van der Waals surface area contributed by atoms with Crippen LogP contribution in [0.3, 0.4) is 0 Å². The highest BCUT2D eigenvalue weighted by atomic mass is 32.1. The lowest BCUT2D eigenvalue weighted by Crippen LogP contribution is -2.52. The van der Waals surface area contributed by atoms with E-state index in [1.807, 2.05) is 20.8 Å². The van der Waals surface area contributed by atoms with Crippen LogP contribution < -0.4 is 25.6 Å². The van der Waals surface area contributed by atoms with Crippen molar-refractivity contribution in [2.45, 2.75) is 26.3 Å². The van der Waals surface area contributed by atoms with Crippen LogP contribution in [0.4, 0.5) is 0 Å². The Morgan fingerprint density at radius 2 is 1.81 bits per heavy atom. The molecule has 21 heavy (non-hydrogen) atoms. The zero-order valence-electron chi connectivity index (χ0n) is 12.3. The predicted molar refractivity (Wildman–Crippen MR) is 83.5 cm³/mol. The number of amides is 1. The minimum atomic E-state index is -0.301. The van der Waals surface area contributed by atoms with E-state index < -0.39 is 0 Å². The Balaban J connectivity index is 1.93. The number of hydrogen-bond donors (Lipinski definition) is 3. The summed E-state index contributed by atoms with van der Waals surface area (Å²) in [7, 11) is 0. The second-order valence-corrected chi connectivity index (χ2v) is 6.05. The normalized spacial score (nSPS) is 13.3. The van der Waals surface area contributed by atoms with E-state index in [0.717, 1.165) is 0 Å². The lowest BCUT2D eigenvalue weighted by molar-refractivity contribution is 0.0942. The molecule has 1 aliphatic heterocycles. The predicted octanol–water partition coefficient (Wildman–Crippen LogP) is 1.37. The third-order valence-corrected chi connectivity index (χ3v) is 2.79. The molecule has 0 saturated heterocycles. The highest BCUT2D eigenvalue weighted by Crippen LogP contribution is 2.30. The number of rotatable bonds is 1. The molecule has 0 spiro atoms. The van der Waals surface area contributed by atoms with Crippen molar-refractivity contribution < 1.29 is 14.3 Å². The van der Waals surface area contributed by atoms with E-state index in [-0.39, 0.29) is 11.4 Å². The van der Waals surface area contributed by atoms with Gasteiger partial charge in [0.25, 0.3) is 5.91 Å². The molecule has 1 aliphatic rings. The van der Waals surface area contributed by atoms with Gasteiger partial charge in [0.05, 0.1) is 0 Å². The first-order valence-corrected chi connectivity index (χ1v) is 7.04. The zero-order valence-corrected chi connectivity index (χ0v) is 13.1. The summed E-state index contributed by atoms with van der Waals surface area (Å²) in [6, 6.07) is 5.03. The van der Waals surface area contributed by atoms with Gasteiger partial charge in [-0.3, -0.25) is 15.6 Å². The van der Waals surface area contributed by atoms with E-state index in [0.29, 0.717) is 35.4 Å². The minimum absolute atomic E-state index is 0.175. The van der Waals surface area contributed by atoms with E-state index in [1.165, 1.54) is 0 Å². The van der Waals surface area contributed by atoms with Gasteiger partial charge in [0.2, 0.25) is 0 Å². The summed E-state index contributed by atoms with van der Waals surface area (Å²) in [6.07, 6.45) is 0. The summed E-state index contributed by atoms with van der Waals surface area (Å²) in [4.78, 5) is 12.0. The second-order valence-electron chi connectivity index (χ2n) is 5.64. The molecule has 1 aromatic rings. The van der Waals surface area contributed by atoms with E-state index >= 15 is 0 Å². The first-order valence-electron chi connectivity index (χ1n) is 6.63. The van der Waals surface area contributed by atoms with Gasteiger partial charge in [0.15, 0.2) is 16.6 Å². The molecule has 7 heteroatoms. The third-order valence-electron chi connectivity index (χ3n) is 2.58. The van der Waals surface area contributed by atoms with Crippen molar-refractivity contribution in [2.75, 3.05) is 13.2 Å². The van der Waals surface area contributed by atoms with Crippen LogP contribution in [0, 0.1) is 0 Å². The second kappa shape index (κ2) is 6.17. The molecule has 2 rings (SSSR count). The van der Waals surface area contributed by atoms with Gasteiger partial charge in [-0.15, -0.1) is 0 Å². The van der Waals surface area contributed by atoms with Crippen LogP contribution in [0.5, 0.6) is 11.5 Å². The highest BCUT2D eigenvalue weighted by molar-refractivity contribution is 7.80. The van der Waals surface area contributed by atoms with Gasteiger partial charge < -0.3 is 14.8 Å². The Hall–Kier alpha value is -2.02. The minimum Gasteiger partial charge on any atom is -0.486 e. The van der Waals surface area contributed by atoms with E-state index in [9.17, 15) is 4.79 Å². The van der Waals surface area contributed by atoms with Crippen LogP contribution in [0.25, 0.3) is 0 Å². The molecule has 6 nitrogen and oxygen atoms in total. The Kier molecular flexibility index (Phi) is 4.52. The SMILES string of the molecule is CC(C)(C)NC(=S)NNC(=O)c1ccc2c(c1)OCCO2. The summed E-state index contributed by atoms with van der Waals surface area (Å²) in [6.45, 7) is 6.93. The molecular formula is C14H19N3O3S. The average molecular weight is 309 g/mol. The zero-order chi connectivity index (χ0) is 15.5. The Bertz CT molecular complexity index is 555. The van der Waals surface area contributed by atoms with Gasteiger partial charge in [-0.1, -0.05) is 0 Å². The topological polar surface area (TPSA) is 71.6 Å². The first kappa shape index (κ1) is 15.4. The number of thiocarbonyl (C=S) groups is 1. The lowest BCUT2D eigenvalue weighted by atomic mass is 10.1. The van der Waals surface area contributed by atoms with Crippen LogP contribution in [-0.4, -0.2) is 29.8 Å². The van der Waals surface area contributed by atoms with E-state index in [4.69, 9.17) is 21.7 Å². The molecule has 1 aromatic carbocycles. The molecule has 0 aromatic heterocycles. The molecule has 0 bridgehead atoms. The summed E-state index contributed by atoms with van der Waals surface area (Å²) < 4.78 is 10.9. The average Bonchev–Trinajstić information content (AvgIpc) is 2.42. The summed E-state index contributed by atoms with van der Waals surface area (Å²) in [5.41, 5.74) is 5.49. The third kappa shape index (κ3) is 4.49. The fourth-order valence-corrected chi connectivity index (χ4v) is 2.10. The molecule has 0 saturated carbocycles. The fourth-order valence-electron chi connectivity index (χ4n) is 1.74. The summed E-state index contributed by atoms with van der Waals surface area (Å²) in [5.74, 6) is 0.921. The Morgan fingerprint density at radius 1 is 1.14 bits per heavy atom. The van der Waals surface area contributed by atoms with Crippen molar-refractivity contribution in [1.82, 2.24) is 16.2 Å². The van der Waals surface area contributed by atoms with Gasteiger partial charge in [-0.05, 0) is 51.2 Å². The smallest absolute Gasteiger partial charge is 0.269 e. The van der Waals surface area contributed by atoms with E-state index in [1.54, 1.807) is 18.2 Å². The fraction of sp³-hybridized carbons (Fsp3) is 0.429. The molecular weight excluding hydrogens is 290 g/mol. The molecule has 0 atom stereocenters. The van der Waals surface area contributed by atoms with E-state index in [2.05, 4.69) is 16.2 Å². The molecule has 3 N–H and O–H groups in total. The quantitative estimate of drug-likeness (QED) is 0.537. The summed E-state index contributed by atoms with van der Waals surface area (Å²) in [5, 5.41) is 3.39. The van der Waals surface area contributed by atoms with Crippen LogP contribution in [-0.2, 0) is 0 Å². The molecule has 0 aliphatic carbocycles. The van der Waals surface area contributed by atoms with Crippen molar-refractivity contribution in [1.29, 1.82) is 0 Å².